The molecule has 0 nitrogen and oxygen atoms in total. The van der Waals surface area contributed by atoms with Gasteiger partial charge in [-0.05, 0) is 62.6 Å². The Balaban J connectivity index is 2.04. The third-order valence-electron chi connectivity index (χ3n) is 4.03. The first-order chi connectivity index (χ1) is 10.6. The van der Waals surface area contributed by atoms with E-state index in [0.717, 1.165) is 6.42 Å². The summed E-state index contributed by atoms with van der Waals surface area (Å²) in [5, 5.41) is 0. The summed E-state index contributed by atoms with van der Waals surface area (Å²) < 4.78 is 0. The van der Waals surface area contributed by atoms with Crippen molar-refractivity contribution in [1.82, 2.24) is 0 Å². The van der Waals surface area contributed by atoms with Gasteiger partial charge in [0.1, 0.15) is 0 Å². The molecule has 0 heterocycles. The predicted octanol–water partition coefficient (Wildman–Crippen LogP) is 5.82. The van der Waals surface area contributed by atoms with Crippen LogP contribution in [0.25, 0.3) is 0 Å². The molecule has 1 aliphatic rings. The van der Waals surface area contributed by atoms with Gasteiger partial charge in [0.05, 0.1) is 10.9 Å². The number of allylic oxidation sites excluding steroid dienone is 3. The highest BCUT2D eigenvalue weighted by Gasteiger charge is 2.30. The van der Waals surface area contributed by atoms with Crippen LogP contribution in [0.15, 0.2) is 81.5 Å². The van der Waals surface area contributed by atoms with Crippen molar-refractivity contribution < 1.29 is 0 Å². The van der Waals surface area contributed by atoms with E-state index in [1.807, 2.05) is 0 Å². The van der Waals surface area contributed by atoms with E-state index in [2.05, 4.69) is 87.5 Å². The fourth-order valence-corrected chi connectivity index (χ4v) is 4.73. The standard InChI is InChI=1S/C21H23S/c1-16-4-10-19(11-5-16)22(20-12-6-17(2)7-13-20)21-14-8-18(3)9-15-21/h4-8,10-15,18H,9H2,1-3H3/q+1. The van der Waals surface area contributed by atoms with Gasteiger partial charge in [-0.3, -0.25) is 0 Å². The van der Waals surface area contributed by atoms with Crippen molar-refractivity contribution >= 4 is 10.9 Å². The lowest BCUT2D eigenvalue weighted by atomic mass is 10.0. The lowest BCUT2D eigenvalue weighted by Crippen LogP contribution is -2.09. The van der Waals surface area contributed by atoms with Gasteiger partial charge in [0, 0.05) is 0 Å². The van der Waals surface area contributed by atoms with Crippen LogP contribution >= 0.6 is 0 Å². The molecule has 0 aromatic heterocycles. The number of aryl methyl sites for hydroxylation is 2. The fraction of sp³-hybridized carbons (Fsp3) is 0.238. The van der Waals surface area contributed by atoms with E-state index < -0.39 is 0 Å². The second-order valence-corrected chi connectivity index (χ2v) is 8.14. The largest absolute Gasteiger partial charge is 0.166 e. The Kier molecular flexibility index (Phi) is 4.54. The maximum atomic E-state index is 2.42. The van der Waals surface area contributed by atoms with Gasteiger partial charge < -0.3 is 0 Å². The molecule has 0 aliphatic heterocycles. The average molecular weight is 307 g/mol. The average Bonchev–Trinajstić information content (AvgIpc) is 2.53. The van der Waals surface area contributed by atoms with Crippen LogP contribution in [-0.2, 0) is 10.9 Å². The number of rotatable bonds is 3. The van der Waals surface area contributed by atoms with Crippen LogP contribution in [0.5, 0.6) is 0 Å². The zero-order chi connectivity index (χ0) is 15.5. The summed E-state index contributed by atoms with van der Waals surface area (Å²) in [6, 6.07) is 18.0. The van der Waals surface area contributed by atoms with Crippen LogP contribution < -0.4 is 0 Å². The monoisotopic (exact) mass is 307 g/mol. The van der Waals surface area contributed by atoms with Gasteiger partial charge >= 0.3 is 0 Å². The second-order valence-electron chi connectivity index (χ2n) is 6.11. The number of hydrogen-bond acceptors (Lipinski definition) is 0. The van der Waals surface area contributed by atoms with Crippen LogP contribution in [0.3, 0.4) is 0 Å². The SMILES string of the molecule is Cc1ccc([S+](C2=CCC(C)C=C2)c2ccc(C)cc2)cc1. The molecule has 0 radical (unpaired) electrons. The third kappa shape index (κ3) is 3.36. The van der Waals surface area contributed by atoms with Gasteiger partial charge in [0.2, 0.25) is 0 Å². The molecular weight excluding hydrogens is 284 g/mol. The molecule has 2 aromatic carbocycles. The first kappa shape index (κ1) is 15.2. The highest BCUT2D eigenvalue weighted by molar-refractivity contribution is 8.00. The zero-order valence-corrected chi connectivity index (χ0v) is 14.4. The van der Waals surface area contributed by atoms with Gasteiger partial charge in [0.25, 0.3) is 0 Å². The van der Waals surface area contributed by atoms with Crippen molar-refractivity contribution in [3.8, 4) is 0 Å². The van der Waals surface area contributed by atoms with Gasteiger partial charge in [-0.15, -0.1) is 0 Å². The van der Waals surface area contributed by atoms with E-state index in [0.29, 0.717) is 5.92 Å². The van der Waals surface area contributed by atoms with Crippen molar-refractivity contribution in [2.75, 3.05) is 0 Å². The Hall–Kier alpha value is -1.73. The van der Waals surface area contributed by atoms with Gasteiger partial charge in [-0.2, -0.15) is 0 Å². The molecule has 0 saturated heterocycles. The lowest BCUT2D eigenvalue weighted by molar-refractivity contribution is 0.735. The van der Waals surface area contributed by atoms with E-state index >= 15 is 0 Å². The molecule has 1 unspecified atom stereocenters. The van der Waals surface area contributed by atoms with Gasteiger partial charge in [-0.1, -0.05) is 48.4 Å². The molecule has 22 heavy (non-hydrogen) atoms. The predicted molar refractivity (Wildman–Crippen MR) is 97.3 cm³/mol. The molecule has 112 valence electrons. The quantitative estimate of drug-likeness (QED) is 0.627. The minimum Gasteiger partial charge on any atom is -0.0764 e. The molecule has 0 fully saturated rings. The number of hydrogen-bond donors (Lipinski definition) is 0. The van der Waals surface area contributed by atoms with Crippen LogP contribution in [0, 0.1) is 19.8 Å². The van der Waals surface area contributed by atoms with E-state index in [1.165, 1.54) is 25.8 Å². The Morgan fingerprint density at radius 1 is 0.818 bits per heavy atom. The van der Waals surface area contributed by atoms with Crippen molar-refractivity contribution in [1.29, 1.82) is 0 Å². The third-order valence-corrected chi connectivity index (χ3v) is 6.29. The van der Waals surface area contributed by atoms with E-state index in [4.69, 9.17) is 0 Å². The summed E-state index contributed by atoms with van der Waals surface area (Å²) in [5.41, 5.74) is 2.64. The van der Waals surface area contributed by atoms with Crippen molar-refractivity contribution in [3.63, 3.8) is 0 Å². The van der Waals surface area contributed by atoms with Crippen molar-refractivity contribution in [2.24, 2.45) is 5.92 Å². The molecule has 1 heteroatoms. The van der Waals surface area contributed by atoms with Crippen LogP contribution in [0.1, 0.15) is 24.5 Å². The highest BCUT2D eigenvalue weighted by atomic mass is 32.2. The maximum absolute atomic E-state index is 2.42. The zero-order valence-electron chi connectivity index (χ0n) is 13.5. The summed E-state index contributed by atoms with van der Waals surface area (Å²) in [7, 11) is 0.00514. The van der Waals surface area contributed by atoms with Crippen molar-refractivity contribution in [3.05, 3.63) is 82.8 Å². The molecule has 2 aromatic rings. The lowest BCUT2D eigenvalue weighted by Gasteiger charge is -2.13. The molecular formula is C21H23S+. The summed E-state index contributed by atoms with van der Waals surface area (Å²) in [6.07, 6.45) is 8.25. The smallest absolute Gasteiger partial charge is 0.0764 e. The van der Waals surface area contributed by atoms with E-state index in [1.54, 1.807) is 0 Å². The Labute approximate surface area is 136 Å². The summed E-state index contributed by atoms with van der Waals surface area (Å²) in [4.78, 5) is 4.26. The van der Waals surface area contributed by atoms with Crippen LogP contribution in [0.4, 0.5) is 0 Å². The van der Waals surface area contributed by atoms with E-state index in [9.17, 15) is 0 Å². The molecule has 0 saturated carbocycles. The molecule has 3 rings (SSSR count). The minimum atomic E-state index is 0.00514. The molecule has 0 amide bonds. The molecule has 1 atom stereocenters. The highest BCUT2D eigenvalue weighted by Crippen LogP contribution is 2.34. The van der Waals surface area contributed by atoms with E-state index in [-0.39, 0.29) is 10.9 Å². The number of benzene rings is 2. The summed E-state index contributed by atoms with van der Waals surface area (Å²) >= 11 is 0. The van der Waals surface area contributed by atoms with Crippen LogP contribution in [-0.4, -0.2) is 0 Å². The van der Waals surface area contributed by atoms with Gasteiger partial charge in [-0.25, -0.2) is 0 Å². The fourth-order valence-electron chi connectivity index (χ4n) is 2.62. The molecule has 0 N–H and O–H groups in total. The second kappa shape index (κ2) is 6.58. The molecule has 0 spiro atoms. The Bertz CT molecular complexity index is 644. The summed E-state index contributed by atoms with van der Waals surface area (Å²) in [6.45, 7) is 6.57. The summed E-state index contributed by atoms with van der Waals surface area (Å²) in [5.74, 6) is 0.658. The van der Waals surface area contributed by atoms with Crippen molar-refractivity contribution in [2.45, 2.75) is 37.0 Å². The van der Waals surface area contributed by atoms with Gasteiger partial charge in [0.15, 0.2) is 14.7 Å². The topological polar surface area (TPSA) is 0 Å². The van der Waals surface area contributed by atoms with Crippen LogP contribution in [0.2, 0.25) is 0 Å². The molecule has 1 aliphatic carbocycles. The minimum absolute atomic E-state index is 0.00514. The Morgan fingerprint density at radius 3 is 1.73 bits per heavy atom. The maximum Gasteiger partial charge on any atom is 0.166 e. The first-order valence-corrected chi connectivity index (χ1v) is 9.12. The molecule has 0 bridgehead atoms. The normalized spacial score (nSPS) is 17.6. The first-order valence-electron chi connectivity index (χ1n) is 7.89. The Morgan fingerprint density at radius 2 is 1.32 bits per heavy atom.